The molecule has 2 aromatic carbocycles. The zero-order valence-electron chi connectivity index (χ0n) is 41.5. The van der Waals surface area contributed by atoms with E-state index in [0.717, 1.165) is 41.5 Å². The van der Waals surface area contributed by atoms with E-state index in [1.807, 2.05) is 0 Å². The number of hydrogen-bond acceptors (Lipinski definition) is 3. The van der Waals surface area contributed by atoms with E-state index in [0.29, 0.717) is 0 Å². The fourth-order valence-corrected chi connectivity index (χ4v) is 7.58. The third-order valence-electron chi connectivity index (χ3n) is 12.7. The van der Waals surface area contributed by atoms with Gasteiger partial charge in [0.1, 0.15) is 17.5 Å². The van der Waals surface area contributed by atoms with Crippen molar-refractivity contribution in [3.63, 3.8) is 0 Å². The summed E-state index contributed by atoms with van der Waals surface area (Å²) >= 11 is 0. The molecule has 2 aromatic rings. The third kappa shape index (κ3) is 11.2. The predicted octanol–water partition coefficient (Wildman–Crippen LogP) is 15.6. The number of aliphatic imine (C=N–C) groups is 1. The van der Waals surface area contributed by atoms with Crippen LogP contribution in [-0.4, -0.2) is 118 Å². The fourth-order valence-electron chi connectivity index (χ4n) is 7.58. The topological polar surface area (TPSA) is 66.8 Å². The fraction of sp³-hybridized carbons (Fsp3) is 0.682. The molecule has 4 nitrogen and oxygen atoms in total. The third-order valence-corrected chi connectivity index (χ3v) is 12.7. The van der Waals surface area contributed by atoms with Crippen molar-refractivity contribution in [2.75, 3.05) is 0 Å². The van der Waals surface area contributed by atoms with E-state index in [4.69, 9.17) is 0 Å². The van der Waals surface area contributed by atoms with Gasteiger partial charge in [-0.15, -0.1) is 0 Å². The van der Waals surface area contributed by atoms with Crippen LogP contribution in [-0.2, 0) is 39.5 Å². The van der Waals surface area contributed by atoms with Gasteiger partial charge in [-0.3, -0.25) is 4.99 Å². The second-order valence-corrected chi connectivity index (χ2v) is 20.5. The summed E-state index contributed by atoms with van der Waals surface area (Å²) in [6.45, 7) is 5.38. The van der Waals surface area contributed by atoms with E-state index in [9.17, 15) is 124 Å². The summed E-state index contributed by atoms with van der Waals surface area (Å²) in [5, 5.41) is 21.9. The molecular weight excluding hydrogens is 1290 g/mol. The van der Waals surface area contributed by atoms with Crippen molar-refractivity contribution < 1.29 is 181 Å². The average molecular weight is 1330 g/mol. The monoisotopic (exact) mass is 1330 g/mol. The Balaban J connectivity index is 0.0000235. The normalized spacial score (nSPS) is 18.6. The Hall–Kier alpha value is -4.49. The van der Waals surface area contributed by atoms with E-state index in [1.165, 1.54) is 0 Å². The van der Waals surface area contributed by atoms with E-state index in [2.05, 4.69) is 9.98 Å². The van der Waals surface area contributed by atoms with Gasteiger partial charge in [-0.25, -0.2) is 4.99 Å². The van der Waals surface area contributed by atoms with Crippen molar-refractivity contribution in [3.05, 3.63) is 57.6 Å². The number of phenolic OH excluding ortho intramolecular Hbond substituents is 2. The molecule has 0 spiro atoms. The summed E-state index contributed by atoms with van der Waals surface area (Å²) in [4.78, 5) is 6.07. The van der Waals surface area contributed by atoms with Crippen LogP contribution in [0.25, 0.3) is 0 Å². The van der Waals surface area contributed by atoms with Gasteiger partial charge < -0.3 is 10.2 Å². The Morgan fingerprint density at radius 1 is 0.386 bits per heavy atom. The molecule has 0 unspecified atom stereocenters. The Morgan fingerprint density at radius 3 is 0.952 bits per heavy atom. The number of phenols is 2. The van der Waals surface area contributed by atoms with Crippen LogP contribution < -0.4 is 4.99 Å². The number of benzene rings is 2. The average Bonchev–Trinajstić information content (AvgIpc) is 3.28. The van der Waals surface area contributed by atoms with Crippen LogP contribution in [0.1, 0.15) is 101 Å². The maximum absolute atomic E-state index is 15.7. The van der Waals surface area contributed by atoms with Crippen LogP contribution in [0.5, 0.6) is 11.5 Å². The molecule has 3 N–H and O–H groups in total. The first kappa shape index (κ1) is 74.6. The molecule has 0 saturated heterocycles. The van der Waals surface area contributed by atoms with E-state index >= 15 is 35.1 Å². The van der Waals surface area contributed by atoms with Gasteiger partial charge in [-0.1, -0.05) is 48.0 Å². The molecule has 481 valence electrons. The van der Waals surface area contributed by atoms with Crippen molar-refractivity contribution in [3.8, 4) is 11.5 Å². The minimum absolute atomic E-state index is 0. The largest absolute Gasteiger partial charge is 0.507 e. The minimum Gasteiger partial charge on any atom is -0.507 e. The van der Waals surface area contributed by atoms with Crippen LogP contribution in [0, 0.1) is 0 Å². The first-order valence-corrected chi connectivity index (χ1v) is 22.0. The zero-order valence-corrected chi connectivity index (χ0v) is 42.5. The van der Waals surface area contributed by atoms with Gasteiger partial charge in [-0.05, 0) is 47.9 Å². The van der Waals surface area contributed by atoms with Crippen LogP contribution in [0.3, 0.4) is 0 Å². The van der Waals surface area contributed by atoms with Crippen molar-refractivity contribution in [2.45, 2.75) is 185 Å². The summed E-state index contributed by atoms with van der Waals surface area (Å²) in [6, 6.07) is -4.96. The second-order valence-electron chi connectivity index (χ2n) is 20.5. The quantitative estimate of drug-likeness (QED) is 0.103. The molecule has 1 radical (unpaired) electrons. The molecular formula is C44H37CoF34N2O2+. The number of nitrogens with one attached hydrogen (secondary N) is 1. The van der Waals surface area contributed by atoms with Crippen molar-refractivity contribution in [1.82, 2.24) is 0 Å². The van der Waals surface area contributed by atoms with E-state index in [-0.39, 0.29) is 54.9 Å². The Kier molecular flexibility index (Phi) is 19.3. The number of rotatable bonds is 18. The predicted molar refractivity (Wildman–Crippen MR) is 213 cm³/mol. The number of halogens is 34. The molecule has 3 rings (SSSR count). The molecule has 0 heterocycles. The van der Waals surface area contributed by atoms with Crippen LogP contribution in [0.4, 0.5) is 149 Å². The van der Waals surface area contributed by atoms with E-state index in [1.54, 1.807) is 0 Å². The van der Waals surface area contributed by atoms with Gasteiger partial charge in [-0.2, -0.15) is 149 Å². The molecule has 1 saturated carbocycles. The molecule has 1 aliphatic carbocycles. The van der Waals surface area contributed by atoms with Gasteiger partial charge in [0, 0.05) is 57.2 Å². The Bertz CT molecular complexity index is 2550. The van der Waals surface area contributed by atoms with Gasteiger partial charge in [0.05, 0.1) is 5.56 Å². The summed E-state index contributed by atoms with van der Waals surface area (Å²) in [7, 11) is 0. The molecule has 39 heteroatoms. The first-order valence-electron chi connectivity index (χ1n) is 22.0. The van der Waals surface area contributed by atoms with Gasteiger partial charge in [0.15, 0.2) is 12.3 Å². The number of hydrogen-bond donors (Lipinski definition) is 3. The maximum Gasteiger partial charge on any atom is 0.460 e. The summed E-state index contributed by atoms with van der Waals surface area (Å²) in [5.74, 6) is -122. The summed E-state index contributed by atoms with van der Waals surface area (Å²) in [6.07, 6.45) is -16.3. The van der Waals surface area contributed by atoms with Gasteiger partial charge >= 0.3 is 95.3 Å². The number of aromatic hydroxyl groups is 2. The van der Waals surface area contributed by atoms with Gasteiger partial charge in [0.25, 0.3) is 0 Å². The van der Waals surface area contributed by atoms with Crippen molar-refractivity contribution in [2.24, 2.45) is 4.99 Å². The van der Waals surface area contributed by atoms with Crippen molar-refractivity contribution >= 4 is 12.4 Å². The van der Waals surface area contributed by atoms with E-state index < -0.39 is 187 Å². The van der Waals surface area contributed by atoms with Crippen LogP contribution in [0.2, 0.25) is 0 Å². The number of nitrogens with zero attached hydrogens (tertiary/aromatic N) is 1. The molecule has 0 bridgehead atoms. The number of alkyl halides is 34. The van der Waals surface area contributed by atoms with Gasteiger partial charge in [0.2, 0.25) is 0 Å². The molecule has 1 fully saturated rings. The smallest absolute Gasteiger partial charge is 0.460 e. The maximum atomic E-state index is 15.7. The first-order chi connectivity index (χ1) is 35.7. The SMILES string of the molecule is CC(C)(C)c1cc(C(F)(F)C(F)(F)C(F)(F)C(F)(F)C(F)(F)C(F)(F)C(F)(F)C(F)(F)F)cc(C=N[C@@H]2CCCC[C@H]2[NH+]=Cc2cc(C(F)(F)C(F)(F)C(F)(F)C(F)(F)C(F)(F)C(F)(F)C(F)(F)C(F)(F)F)cc(C(C)(C)C)c2O)c1O.[Co]. The summed E-state index contributed by atoms with van der Waals surface area (Å²) < 4.78 is 482. The second kappa shape index (κ2) is 21.4. The van der Waals surface area contributed by atoms with Crippen LogP contribution >= 0.6 is 0 Å². The standard InChI is InChI=1S/C44H36F34N2O2.Co/c1-27(2,3)21-13-19(29(45,46)31(49,50)33(53,54)35(57,58)37(61,62)39(65,66)41(69,70)43(73,74)75)11-17(25(21)81)15-79-23-9-7-8-10-24(23)80-16-18-12-20(14-22(26(18)82)28(4,5)6)30(47,48)32(51,52)34(55,56)36(59,60)38(63,64)40(67,68)42(71,72)44(76,77)78;/h11-16,23-24,81-82H,7-10H2,1-6H3;/p+1/t23-,24-;/m1./s1. The molecule has 0 aromatic heterocycles. The Labute approximate surface area is 452 Å². The zero-order chi connectivity index (χ0) is 65.3. The van der Waals surface area contributed by atoms with Crippen LogP contribution in [0.15, 0.2) is 29.3 Å². The Morgan fingerprint density at radius 2 is 0.651 bits per heavy atom. The molecule has 1 aliphatic rings. The minimum atomic E-state index is -8.98. The van der Waals surface area contributed by atoms with Crippen molar-refractivity contribution in [1.29, 1.82) is 0 Å². The molecule has 0 aliphatic heterocycles. The summed E-state index contributed by atoms with van der Waals surface area (Å²) in [5.41, 5.74) is -14.4. The molecule has 2 atom stereocenters. The molecule has 83 heavy (non-hydrogen) atoms. The molecule has 0 amide bonds.